The summed E-state index contributed by atoms with van der Waals surface area (Å²) < 4.78 is 5.16. The van der Waals surface area contributed by atoms with Gasteiger partial charge in [-0.2, -0.15) is 0 Å². The molecule has 4 heteroatoms. The number of rotatable bonds is 1. The summed E-state index contributed by atoms with van der Waals surface area (Å²) >= 11 is 5.81. The van der Waals surface area contributed by atoms with Gasteiger partial charge < -0.3 is 10.5 Å². The molecule has 72 valence electrons. The summed E-state index contributed by atoms with van der Waals surface area (Å²) in [5.41, 5.74) is 7.11. The van der Waals surface area contributed by atoms with Crippen LogP contribution in [0.25, 0.3) is 10.9 Å². The summed E-state index contributed by atoms with van der Waals surface area (Å²) in [7, 11) is 1.59. The van der Waals surface area contributed by atoms with Gasteiger partial charge in [-0.25, -0.2) is 4.98 Å². The number of halogens is 1. The zero-order valence-corrected chi connectivity index (χ0v) is 8.38. The Bertz CT molecular complexity index is 485. The van der Waals surface area contributed by atoms with Crippen molar-refractivity contribution in [3.05, 3.63) is 29.4 Å². The molecular weight excluding hydrogens is 200 g/mol. The van der Waals surface area contributed by atoms with Crippen LogP contribution in [0.2, 0.25) is 5.15 Å². The Hall–Kier alpha value is -1.48. The molecule has 0 bridgehead atoms. The minimum atomic E-state index is 0.375. The molecule has 2 aromatic rings. The second kappa shape index (κ2) is 3.35. The van der Waals surface area contributed by atoms with Crippen molar-refractivity contribution >= 4 is 28.2 Å². The number of hydrogen-bond acceptors (Lipinski definition) is 3. The number of para-hydroxylation sites is 1. The normalized spacial score (nSPS) is 10.4. The van der Waals surface area contributed by atoms with Crippen LogP contribution in [0, 0.1) is 0 Å². The van der Waals surface area contributed by atoms with E-state index >= 15 is 0 Å². The van der Waals surface area contributed by atoms with Crippen molar-refractivity contribution in [2.45, 2.75) is 0 Å². The minimum Gasteiger partial charge on any atom is -0.494 e. The molecule has 14 heavy (non-hydrogen) atoms. The lowest BCUT2D eigenvalue weighted by atomic mass is 10.2. The Balaban J connectivity index is 2.86. The number of nitrogen functional groups attached to an aromatic ring is 1. The zero-order chi connectivity index (χ0) is 10.1. The maximum atomic E-state index is 5.81. The highest BCUT2D eigenvalue weighted by Gasteiger charge is 2.06. The molecule has 2 N–H and O–H groups in total. The Morgan fingerprint density at radius 1 is 1.43 bits per heavy atom. The van der Waals surface area contributed by atoms with E-state index in [-0.39, 0.29) is 0 Å². The summed E-state index contributed by atoms with van der Waals surface area (Å²) in [6, 6.07) is 7.21. The second-order valence-corrected chi connectivity index (χ2v) is 3.28. The fourth-order valence-electron chi connectivity index (χ4n) is 1.38. The van der Waals surface area contributed by atoms with Crippen LogP contribution in [-0.4, -0.2) is 12.1 Å². The van der Waals surface area contributed by atoms with E-state index in [1.807, 2.05) is 18.2 Å². The number of hydrogen-bond donors (Lipinski definition) is 1. The standard InChI is InChI=1S/C10H9ClN2O/c1-14-8-4-2-3-6-7(12)5-9(11)13-10(6)8/h2-5H,1H3,(H2,12,13). The van der Waals surface area contributed by atoms with Gasteiger partial charge in [0, 0.05) is 11.1 Å². The summed E-state index contributed by atoms with van der Waals surface area (Å²) in [5.74, 6) is 0.678. The zero-order valence-electron chi connectivity index (χ0n) is 7.62. The first-order chi connectivity index (χ1) is 6.72. The van der Waals surface area contributed by atoms with E-state index in [1.165, 1.54) is 0 Å². The summed E-state index contributed by atoms with van der Waals surface area (Å²) in [6.45, 7) is 0. The fourth-order valence-corrected chi connectivity index (χ4v) is 1.58. The van der Waals surface area contributed by atoms with E-state index in [0.717, 1.165) is 5.39 Å². The number of fused-ring (bicyclic) bond motifs is 1. The predicted octanol–water partition coefficient (Wildman–Crippen LogP) is 2.48. The first-order valence-corrected chi connectivity index (χ1v) is 4.49. The van der Waals surface area contributed by atoms with Crippen LogP contribution in [-0.2, 0) is 0 Å². The van der Waals surface area contributed by atoms with Crippen LogP contribution in [0.4, 0.5) is 5.69 Å². The van der Waals surface area contributed by atoms with E-state index < -0.39 is 0 Å². The quantitative estimate of drug-likeness (QED) is 0.733. The lowest BCUT2D eigenvalue weighted by Gasteiger charge is -2.06. The van der Waals surface area contributed by atoms with Crippen LogP contribution >= 0.6 is 11.6 Å². The van der Waals surface area contributed by atoms with Crippen molar-refractivity contribution in [2.24, 2.45) is 0 Å². The van der Waals surface area contributed by atoms with Gasteiger partial charge >= 0.3 is 0 Å². The molecule has 1 heterocycles. The number of nitrogens with two attached hydrogens (primary N) is 1. The summed E-state index contributed by atoms with van der Waals surface area (Å²) in [6.07, 6.45) is 0. The molecule has 0 aliphatic rings. The van der Waals surface area contributed by atoms with E-state index in [4.69, 9.17) is 22.1 Å². The third kappa shape index (κ3) is 1.36. The molecule has 1 aromatic heterocycles. The van der Waals surface area contributed by atoms with E-state index in [1.54, 1.807) is 13.2 Å². The lowest BCUT2D eigenvalue weighted by molar-refractivity contribution is 0.419. The molecule has 0 aliphatic carbocycles. The number of benzene rings is 1. The number of methoxy groups -OCH3 is 1. The van der Waals surface area contributed by atoms with E-state index in [0.29, 0.717) is 22.1 Å². The molecule has 0 fully saturated rings. The van der Waals surface area contributed by atoms with Gasteiger partial charge in [-0.15, -0.1) is 0 Å². The van der Waals surface area contributed by atoms with Crippen LogP contribution in [0.15, 0.2) is 24.3 Å². The Labute approximate surface area is 86.5 Å². The first-order valence-electron chi connectivity index (χ1n) is 4.11. The number of aromatic nitrogens is 1. The largest absolute Gasteiger partial charge is 0.494 e. The number of nitrogens with zero attached hydrogens (tertiary/aromatic N) is 1. The van der Waals surface area contributed by atoms with Gasteiger partial charge in [0.25, 0.3) is 0 Å². The maximum absolute atomic E-state index is 5.81. The smallest absolute Gasteiger partial charge is 0.145 e. The summed E-state index contributed by atoms with van der Waals surface area (Å²) in [4.78, 5) is 4.17. The van der Waals surface area contributed by atoms with Crippen LogP contribution in [0.1, 0.15) is 0 Å². The molecular formula is C10H9ClN2O. The molecule has 3 nitrogen and oxygen atoms in total. The molecule has 1 aromatic carbocycles. The van der Waals surface area contributed by atoms with Crippen molar-refractivity contribution in [1.29, 1.82) is 0 Å². The van der Waals surface area contributed by atoms with Crippen LogP contribution in [0.5, 0.6) is 5.75 Å². The molecule has 0 spiro atoms. The third-order valence-corrected chi connectivity index (χ3v) is 2.22. The molecule has 0 saturated carbocycles. The van der Waals surface area contributed by atoms with Crippen molar-refractivity contribution in [1.82, 2.24) is 4.98 Å². The fraction of sp³-hybridized carbons (Fsp3) is 0.100. The summed E-state index contributed by atoms with van der Waals surface area (Å²) in [5, 5.41) is 1.23. The molecule has 2 rings (SSSR count). The third-order valence-electron chi connectivity index (χ3n) is 2.02. The van der Waals surface area contributed by atoms with Gasteiger partial charge in [0.1, 0.15) is 16.4 Å². The van der Waals surface area contributed by atoms with Gasteiger partial charge in [0.15, 0.2) is 0 Å². The minimum absolute atomic E-state index is 0.375. The predicted molar refractivity (Wildman–Crippen MR) is 57.7 cm³/mol. The second-order valence-electron chi connectivity index (χ2n) is 2.89. The van der Waals surface area contributed by atoms with Crippen molar-refractivity contribution in [3.63, 3.8) is 0 Å². The maximum Gasteiger partial charge on any atom is 0.145 e. The first kappa shape index (κ1) is 9.09. The van der Waals surface area contributed by atoms with Crippen molar-refractivity contribution < 1.29 is 4.74 Å². The number of anilines is 1. The Morgan fingerprint density at radius 3 is 2.93 bits per heavy atom. The highest BCUT2D eigenvalue weighted by Crippen LogP contribution is 2.29. The van der Waals surface area contributed by atoms with Crippen molar-refractivity contribution in [2.75, 3.05) is 12.8 Å². The average Bonchev–Trinajstić information content (AvgIpc) is 2.17. The van der Waals surface area contributed by atoms with Gasteiger partial charge in [-0.3, -0.25) is 0 Å². The van der Waals surface area contributed by atoms with Gasteiger partial charge in [-0.05, 0) is 12.1 Å². The molecule has 0 atom stereocenters. The van der Waals surface area contributed by atoms with Gasteiger partial charge in [-0.1, -0.05) is 23.7 Å². The molecule has 0 radical (unpaired) electrons. The van der Waals surface area contributed by atoms with Crippen molar-refractivity contribution in [3.8, 4) is 5.75 Å². The average molecular weight is 209 g/mol. The number of ether oxygens (including phenoxy) is 1. The van der Waals surface area contributed by atoms with Gasteiger partial charge in [0.2, 0.25) is 0 Å². The van der Waals surface area contributed by atoms with Gasteiger partial charge in [0.05, 0.1) is 7.11 Å². The molecule has 0 unspecified atom stereocenters. The van der Waals surface area contributed by atoms with E-state index in [2.05, 4.69) is 4.98 Å². The highest BCUT2D eigenvalue weighted by atomic mass is 35.5. The highest BCUT2D eigenvalue weighted by molar-refractivity contribution is 6.30. The molecule has 0 saturated heterocycles. The lowest BCUT2D eigenvalue weighted by Crippen LogP contribution is -1.92. The Morgan fingerprint density at radius 2 is 2.21 bits per heavy atom. The van der Waals surface area contributed by atoms with Crippen LogP contribution in [0.3, 0.4) is 0 Å². The van der Waals surface area contributed by atoms with E-state index in [9.17, 15) is 0 Å². The number of pyridine rings is 1. The van der Waals surface area contributed by atoms with Crippen LogP contribution < -0.4 is 10.5 Å². The SMILES string of the molecule is COc1cccc2c(N)cc(Cl)nc12. The Kier molecular flexibility index (Phi) is 2.17. The monoisotopic (exact) mass is 208 g/mol. The molecule has 0 aliphatic heterocycles. The topological polar surface area (TPSA) is 48.1 Å². The molecule has 0 amide bonds.